The summed E-state index contributed by atoms with van der Waals surface area (Å²) in [6.45, 7) is 4.25. The predicted octanol–water partition coefficient (Wildman–Crippen LogP) is 6.40. The van der Waals surface area contributed by atoms with Gasteiger partial charge in [0.25, 0.3) is 0 Å². The maximum Gasteiger partial charge on any atom is 3.00 e. The summed E-state index contributed by atoms with van der Waals surface area (Å²) in [4.78, 5) is 0. The molecule has 0 spiro atoms. The van der Waals surface area contributed by atoms with E-state index in [1.807, 2.05) is 0 Å². The van der Waals surface area contributed by atoms with Crippen LogP contribution in [-0.4, -0.2) is 0 Å². The van der Waals surface area contributed by atoms with Gasteiger partial charge < -0.3 is 6.92 Å². The largest absolute Gasteiger partial charge is 3.00 e. The molecule has 21 heavy (non-hydrogen) atoms. The van der Waals surface area contributed by atoms with Crippen molar-refractivity contribution in [2.75, 3.05) is 0 Å². The second kappa shape index (κ2) is 9.41. The Morgan fingerprint density at radius 1 is 0.571 bits per heavy atom. The van der Waals surface area contributed by atoms with Crippen molar-refractivity contribution in [1.82, 2.24) is 0 Å². The van der Waals surface area contributed by atoms with Crippen LogP contribution in [0.2, 0.25) is 0 Å². The molecule has 0 saturated heterocycles. The summed E-state index contributed by atoms with van der Waals surface area (Å²) in [6, 6.07) is 0. The van der Waals surface area contributed by atoms with Gasteiger partial charge in [0.15, 0.2) is 0 Å². The molecule has 0 unspecified atom stereocenters. The zero-order chi connectivity index (χ0) is 13.8. The Balaban J connectivity index is 0.00000161. The van der Waals surface area contributed by atoms with Crippen LogP contribution in [0.25, 0.3) is 0 Å². The van der Waals surface area contributed by atoms with E-state index in [-0.39, 0.29) is 32.7 Å². The van der Waals surface area contributed by atoms with Crippen LogP contribution in [0.1, 0.15) is 89.9 Å². The molecule has 0 N–H and O–H groups in total. The molecule has 0 heterocycles. The van der Waals surface area contributed by atoms with E-state index >= 15 is 0 Å². The standard InChI is InChI=1S/C20H35.Y/c1-16-7-11-19(12-8-16)20-13-9-18(10-14-20)15-17-5-3-2-4-6-17;/h16-20H,1-15H2;/q-1;+3. The molecule has 0 atom stereocenters. The minimum atomic E-state index is 0. The van der Waals surface area contributed by atoms with Gasteiger partial charge in [-0.3, -0.25) is 0 Å². The molecule has 0 aliphatic heterocycles. The van der Waals surface area contributed by atoms with Gasteiger partial charge in [-0.2, -0.15) is 5.92 Å². The molecule has 0 radical (unpaired) electrons. The van der Waals surface area contributed by atoms with Crippen LogP contribution in [0.4, 0.5) is 0 Å². The van der Waals surface area contributed by atoms with E-state index in [2.05, 4.69) is 6.92 Å². The minimum Gasteiger partial charge on any atom is -0.340 e. The van der Waals surface area contributed by atoms with Gasteiger partial charge in [-0.1, -0.05) is 70.6 Å². The third kappa shape index (κ3) is 5.59. The van der Waals surface area contributed by atoms with Crippen LogP contribution in [0.3, 0.4) is 0 Å². The molecule has 0 nitrogen and oxygen atoms in total. The fourth-order valence-corrected chi connectivity index (χ4v) is 5.45. The molecular formula is C20H35Y+2. The first-order valence-corrected chi connectivity index (χ1v) is 9.64. The van der Waals surface area contributed by atoms with E-state index in [9.17, 15) is 0 Å². The van der Waals surface area contributed by atoms with E-state index in [1.54, 1.807) is 44.9 Å². The Labute approximate surface area is 158 Å². The van der Waals surface area contributed by atoms with Crippen molar-refractivity contribution in [1.29, 1.82) is 0 Å². The van der Waals surface area contributed by atoms with E-state index in [0.717, 1.165) is 29.6 Å². The van der Waals surface area contributed by atoms with Gasteiger partial charge in [0, 0.05) is 0 Å². The molecular weight excluding hydrogens is 329 g/mol. The molecule has 0 aromatic heterocycles. The van der Waals surface area contributed by atoms with Crippen molar-refractivity contribution in [3.8, 4) is 0 Å². The Kier molecular flexibility index (Phi) is 8.27. The zero-order valence-corrected chi connectivity index (χ0v) is 16.9. The van der Waals surface area contributed by atoms with Crippen LogP contribution in [0.15, 0.2) is 0 Å². The number of hydrogen-bond donors (Lipinski definition) is 0. The quantitative estimate of drug-likeness (QED) is 0.508. The number of rotatable bonds is 3. The molecule has 3 rings (SSSR count). The third-order valence-corrected chi connectivity index (χ3v) is 6.84. The van der Waals surface area contributed by atoms with Gasteiger partial charge >= 0.3 is 32.7 Å². The van der Waals surface area contributed by atoms with Gasteiger partial charge in [0.1, 0.15) is 0 Å². The van der Waals surface area contributed by atoms with Crippen molar-refractivity contribution in [2.45, 2.75) is 89.9 Å². The first-order valence-electron chi connectivity index (χ1n) is 9.64. The zero-order valence-electron chi connectivity index (χ0n) is 14.1. The Bertz CT molecular complexity index is 266. The average Bonchev–Trinajstić information content (AvgIpc) is 2.50. The van der Waals surface area contributed by atoms with Crippen LogP contribution < -0.4 is 0 Å². The summed E-state index contributed by atoms with van der Waals surface area (Å²) in [5.74, 6) is 5.13. The Morgan fingerprint density at radius 2 is 1.05 bits per heavy atom. The van der Waals surface area contributed by atoms with Crippen LogP contribution in [-0.2, 0) is 32.7 Å². The first-order chi connectivity index (χ1) is 9.81. The minimum absolute atomic E-state index is 0. The van der Waals surface area contributed by atoms with Gasteiger partial charge in [-0.05, 0) is 42.9 Å². The molecule has 3 saturated carbocycles. The van der Waals surface area contributed by atoms with Crippen LogP contribution >= 0.6 is 0 Å². The van der Waals surface area contributed by atoms with Crippen molar-refractivity contribution >= 4 is 0 Å². The van der Waals surface area contributed by atoms with Crippen molar-refractivity contribution in [2.24, 2.45) is 29.6 Å². The third-order valence-electron chi connectivity index (χ3n) is 6.84. The van der Waals surface area contributed by atoms with E-state index in [1.165, 1.54) is 44.9 Å². The second-order valence-electron chi connectivity index (χ2n) is 8.30. The summed E-state index contributed by atoms with van der Waals surface area (Å²) in [5.41, 5.74) is 0. The SMILES string of the molecule is [CH2-]C1CCC(C2CCC(CC3CCCCC3)CC2)CC1.[Y+3]. The van der Waals surface area contributed by atoms with Crippen molar-refractivity contribution < 1.29 is 32.7 Å². The first kappa shape index (κ1) is 18.4. The topological polar surface area (TPSA) is 0 Å². The van der Waals surface area contributed by atoms with Gasteiger partial charge in [-0.15, -0.1) is 0 Å². The summed E-state index contributed by atoms with van der Waals surface area (Å²) < 4.78 is 0. The van der Waals surface area contributed by atoms with E-state index in [0.29, 0.717) is 0 Å². The maximum atomic E-state index is 4.25. The van der Waals surface area contributed by atoms with Crippen molar-refractivity contribution in [3.05, 3.63) is 6.92 Å². The fourth-order valence-electron chi connectivity index (χ4n) is 5.45. The molecule has 0 amide bonds. The second-order valence-corrected chi connectivity index (χ2v) is 8.30. The molecule has 3 aliphatic rings. The molecule has 1 heteroatoms. The summed E-state index contributed by atoms with van der Waals surface area (Å²) in [5, 5.41) is 0. The maximum absolute atomic E-state index is 4.25. The smallest absolute Gasteiger partial charge is 0.340 e. The summed E-state index contributed by atoms with van der Waals surface area (Å²) >= 11 is 0. The van der Waals surface area contributed by atoms with E-state index in [4.69, 9.17) is 0 Å². The monoisotopic (exact) mass is 364 g/mol. The van der Waals surface area contributed by atoms with Crippen molar-refractivity contribution in [3.63, 3.8) is 0 Å². The van der Waals surface area contributed by atoms with Gasteiger partial charge in [-0.25, -0.2) is 0 Å². The molecule has 0 bridgehead atoms. The van der Waals surface area contributed by atoms with Gasteiger partial charge in [0.05, 0.1) is 0 Å². The molecule has 0 aromatic rings. The summed E-state index contributed by atoms with van der Waals surface area (Å²) in [6.07, 6.45) is 21.3. The normalized spacial score (nSPS) is 38.7. The summed E-state index contributed by atoms with van der Waals surface area (Å²) in [7, 11) is 0. The molecule has 116 valence electrons. The van der Waals surface area contributed by atoms with Crippen LogP contribution in [0, 0.1) is 36.5 Å². The average molecular weight is 364 g/mol. The predicted molar refractivity (Wildman–Crippen MR) is 87.4 cm³/mol. The molecule has 3 aliphatic carbocycles. The fraction of sp³-hybridized carbons (Fsp3) is 0.950. The Hall–Kier alpha value is 1.10. The Morgan fingerprint density at radius 3 is 1.62 bits per heavy atom. The van der Waals surface area contributed by atoms with Crippen LogP contribution in [0.5, 0.6) is 0 Å². The number of hydrogen-bond acceptors (Lipinski definition) is 0. The molecule has 0 aromatic carbocycles. The van der Waals surface area contributed by atoms with E-state index < -0.39 is 0 Å². The van der Waals surface area contributed by atoms with Gasteiger partial charge in [0.2, 0.25) is 0 Å². The molecule has 3 fully saturated rings.